The van der Waals surface area contributed by atoms with Gasteiger partial charge in [-0.2, -0.15) is 11.8 Å². The Morgan fingerprint density at radius 1 is 1.30 bits per heavy atom. The normalized spacial score (nSPS) is 40.8. The zero-order valence-corrected chi connectivity index (χ0v) is 6.73. The molecule has 0 aromatic carbocycles. The fourth-order valence-corrected chi connectivity index (χ4v) is 2.47. The van der Waals surface area contributed by atoms with Gasteiger partial charge in [0.05, 0.1) is 25.9 Å². The van der Waals surface area contributed by atoms with E-state index in [1.165, 1.54) is 6.42 Å². The maximum atomic E-state index is 5.49. The van der Waals surface area contributed by atoms with Crippen LogP contribution in [-0.2, 0) is 9.47 Å². The van der Waals surface area contributed by atoms with E-state index in [0.717, 1.165) is 30.8 Å². The zero-order chi connectivity index (χ0) is 6.81. The fourth-order valence-electron chi connectivity index (χ4n) is 1.39. The third-order valence-corrected chi connectivity index (χ3v) is 3.13. The second-order valence-electron chi connectivity index (χ2n) is 2.76. The van der Waals surface area contributed by atoms with Crippen LogP contribution in [0.5, 0.6) is 0 Å². The maximum absolute atomic E-state index is 5.49. The van der Waals surface area contributed by atoms with Crippen LogP contribution in [0, 0.1) is 0 Å². The molecule has 0 radical (unpaired) electrons. The minimum absolute atomic E-state index is 0.401. The third kappa shape index (κ3) is 1.47. The second-order valence-corrected chi connectivity index (χ2v) is 4.17. The van der Waals surface area contributed by atoms with Gasteiger partial charge in [-0.15, -0.1) is 0 Å². The quantitative estimate of drug-likeness (QED) is 0.524. The minimum atomic E-state index is 0.401. The molecule has 0 saturated carbocycles. The molecule has 0 aliphatic carbocycles. The van der Waals surface area contributed by atoms with E-state index in [9.17, 15) is 0 Å². The van der Waals surface area contributed by atoms with Crippen LogP contribution in [0.15, 0.2) is 0 Å². The molecule has 2 aliphatic rings. The Kier molecular flexibility index (Phi) is 2.16. The lowest BCUT2D eigenvalue weighted by atomic mass is 10.2. The molecule has 3 heteroatoms. The molecule has 2 saturated heterocycles. The van der Waals surface area contributed by atoms with Crippen molar-refractivity contribution < 1.29 is 9.47 Å². The SMILES string of the molecule is C1CSC2COC(CO1)C2. The van der Waals surface area contributed by atoms with E-state index in [0.29, 0.717) is 6.10 Å². The minimum Gasteiger partial charge on any atom is -0.378 e. The van der Waals surface area contributed by atoms with E-state index in [1.54, 1.807) is 0 Å². The van der Waals surface area contributed by atoms with Gasteiger partial charge in [0, 0.05) is 11.0 Å². The summed E-state index contributed by atoms with van der Waals surface area (Å²) in [5, 5.41) is 0.758. The van der Waals surface area contributed by atoms with Crippen LogP contribution in [0.4, 0.5) is 0 Å². The van der Waals surface area contributed by atoms with E-state index in [2.05, 4.69) is 0 Å². The van der Waals surface area contributed by atoms with Crippen molar-refractivity contribution in [3.63, 3.8) is 0 Å². The first-order chi connectivity index (χ1) is 4.95. The van der Waals surface area contributed by atoms with Gasteiger partial charge in [0.1, 0.15) is 0 Å². The van der Waals surface area contributed by atoms with Gasteiger partial charge >= 0.3 is 0 Å². The van der Waals surface area contributed by atoms with Crippen LogP contribution in [-0.4, -0.2) is 36.9 Å². The van der Waals surface area contributed by atoms with Crippen molar-refractivity contribution in [1.82, 2.24) is 0 Å². The van der Waals surface area contributed by atoms with Gasteiger partial charge in [-0.05, 0) is 6.42 Å². The van der Waals surface area contributed by atoms with E-state index in [4.69, 9.17) is 9.47 Å². The second kappa shape index (κ2) is 3.11. The Hall–Kier alpha value is 0.270. The van der Waals surface area contributed by atoms with Crippen molar-refractivity contribution in [3.05, 3.63) is 0 Å². The van der Waals surface area contributed by atoms with Gasteiger partial charge in [-0.1, -0.05) is 0 Å². The summed E-state index contributed by atoms with van der Waals surface area (Å²) >= 11 is 1.99. The predicted molar refractivity (Wildman–Crippen MR) is 41.4 cm³/mol. The van der Waals surface area contributed by atoms with Crippen molar-refractivity contribution in [2.75, 3.05) is 25.6 Å². The molecule has 2 bridgehead atoms. The molecule has 0 amide bonds. The largest absolute Gasteiger partial charge is 0.378 e. The average molecular weight is 160 g/mol. The molecule has 0 spiro atoms. The van der Waals surface area contributed by atoms with Gasteiger partial charge in [-0.3, -0.25) is 0 Å². The van der Waals surface area contributed by atoms with Crippen LogP contribution < -0.4 is 0 Å². The number of hydrogen-bond donors (Lipinski definition) is 0. The van der Waals surface area contributed by atoms with E-state index >= 15 is 0 Å². The molecule has 0 N–H and O–H groups in total. The maximum Gasteiger partial charge on any atom is 0.0820 e. The predicted octanol–water partition coefficient (Wildman–Crippen LogP) is 0.907. The van der Waals surface area contributed by atoms with Crippen molar-refractivity contribution in [2.24, 2.45) is 0 Å². The summed E-state index contributed by atoms with van der Waals surface area (Å²) in [5.74, 6) is 1.14. The molecule has 2 aliphatic heterocycles. The summed E-state index contributed by atoms with van der Waals surface area (Å²) in [5.41, 5.74) is 0. The third-order valence-electron chi connectivity index (χ3n) is 1.93. The van der Waals surface area contributed by atoms with Crippen LogP contribution in [0.3, 0.4) is 0 Å². The van der Waals surface area contributed by atoms with Crippen LogP contribution in [0.2, 0.25) is 0 Å². The molecule has 2 rings (SSSR count). The molecule has 0 aromatic rings. The van der Waals surface area contributed by atoms with Gasteiger partial charge < -0.3 is 9.47 Å². The summed E-state index contributed by atoms with van der Waals surface area (Å²) in [6.07, 6.45) is 1.60. The fraction of sp³-hybridized carbons (Fsp3) is 1.00. The first-order valence-corrected chi connectivity index (χ1v) is 4.81. The molecule has 58 valence electrons. The molecule has 2 atom stereocenters. The van der Waals surface area contributed by atoms with Crippen LogP contribution >= 0.6 is 11.8 Å². The number of hydrogen-bond acceptors (Lipinski definition) is 3. The standard InChI is InChI=1S/C7H12O2S/c1-2-10-7-3-6(4-8-1)9-5-7/h6-7H,1-5H2. The Morgan fingerprint density at radius 3 is 3.30 bits per heavy atom. The van der Waals surface area contributed by atoms with Crippen molar-refractivity contribution in [3.8, 4) is 0 Å². The molecule has 2 fully saturated rings. The highest BCUT2D eigenvalue weighted by atomic mass is 32.2. The lowest BCUT2D eigenvalue weighted by Crippen LogP contribution is -2.18. The molecule has 2 heterocycles. The highest BCUT2D eigenvalue weighted by Crippen LogP contribution is 2.26. The Morgan fingerprint density at radius 2 is 2.30 bits per heavy atom. The molecular weight excluding hydrogens is 148 g/mol. The summed E-state index contributed by atoms with van der Waals surface area (Å²) in [6.45, 7) is 2.66. The number of rotatable bonds is 0. The first kappa shape index (κ1) is 6.95. The van der Waals surface area contributed by atoms with Crippen LogP contribution in [0.25, 0.3) is 0 Å². The van der Waals surface area contributed by atoms with Crippen molar-refractivity contribution in [1.29, 1.82) is 0 Å². The van der Waals surface area contributed by atoms with Gasteiger partial charge in [0.25, 0.3) is 0 Å². The van der Waals surface area contributed by atoms with Gasteiger partial charge in [-0.25, -0.2) is 0 Å². The number of thioether (sulfide) groups is 1. The molecular formula is C7H12O2S. The highest BCUT2D eigenvalue weighted by molar-refractivity contribution is 7.99. The molecule has 2 unspecified atom stereocenters. The Labute approximate surface area is 65.3 Å². The van der Waals surface area contributed by atoms with E-state index in [1.807, 2.05) is 11.8 Å². The van der Waals surface area contributed by atoms with Gasteiger partial charge in [0.2, 0.25) is 0 Å². The number of ether oxygens (including phenoxy) is 2. The molecule has 0 aromatic heterocycles. The van der Waals surface area contributed by atoms with Crippen molar-refractivity contribution in [2.45, 2.75) is 17.8 Å². The summed E-state index contributed by atoms with van der Waals surface area (Å²) in [4.78, 5) is 0. The van der Waals surface area contributed by atoms with Gasteiger partial charge in [0.15, 0.2) is 0 Å². The Balaban J connectivity index is 1.91. The highest BCUT2D eigenvalue weighted by Gasteiger charge is 2.27. The monoisotopic (exact) mass is 160 g/mol. The average Bonchev–Trinajstić information content (AvgIpc) is 2.30. The van der Waals surface area contributed by atoms with Crippen LogP contribution in [0.1, 0.15) is 6.42 Å². The lowest BCUT2D eigenvalue weighted by molar-refractivity contribution is 0.0233. The Bertz CT molecular complexity index is 106. The topological polar surface area (TPSA) is 18.5 Å². The van der Waals surface area contributed by atoms with E-state index < -0.39 is 0 Å². The summed E-state index contributed by atoms with van der Waals surface area (Å²) in [7, 11) is 0. The lowest BCUT2D eigenvalue weighted by Gasteiger charge is -2.13. The van der Waals surface area contributed by atoms with E-state index in [-0.39, 0.29) is 0 Å². The number of fused-ring (bicyclic) bond motifs is 2. The summed E-state index contributed by atoms with van der Waals surface area (Å²) in [6, 6.07) is 0. The summed E-state index contributed by atoms with van der Waals surface area (Å²) < 4.78 is 10.8. The molecule has 2 nitrogen and oxygen atoms in total. The van der Waals surface area contributed by atoms with Crippen molar-refractivity contribution >= 4 is 11.8 Å². The molecule has 10 heavy (non-hydrogen) atoms. The smallest absolute Gasteiger partial charge is 0.0820 e. The first-order valence-electron chi connectivity index (χ1n) is 3.76. The zero-order valence-electron chi connectivity index (χ0n) is 5.91.